The molecule has 0 aromatic carbocycles. The van der Waals surface area contributed by atoms with Gasteiger partial charge in [0.25, 0.3) is 0 Å². The van der Waals surface area contributed by atoms with E-state index in [0.29, 0.717) is 6.61 Å². The van der Waals surface area contributed by atoms with Crippen LogP contribution in [-0.4, -0.2) is 33.6 Å². The summed E-state index contributed by atoms with van der Waals surface area (Å²) < 4.78 is 11.7. The quantitative estimate of drug-likeness (QED) is 0.548. The van der Waals surface area contributed by atoms with Gasteiger partial charge in [-0.25, -0.2) is 0 Å². The van der Waals surface area contributed by atoms with Crippen LogP contribution >= 0.6 is 22.6 Å². The first-order chi connectivity index (χ1) is 6.64. The van der Waals surface area contributed by atoms with E-state index in [1.54, 1.807) is 0 Å². The number of ether oxygens (including phenoxy) is 2. The zero-order valence-electron chi connectivity index (χ0n) is 8.41. The van der Waals surface area contributed by atoms with Crippen molar-refractivity contribution < 1.29 is 14.6 Å². The molecule has 0 aromatic heterocycles. The zero-order valence-corrected chi connectivity index (χ0v) is 10.6. The predicted molar refractivity (Wildman–Crippen MR) is 61.5 cm³/mol. The summed E-state index contributed by atoms with van der Waals surface area (Å²) in [5.41, 5.74) is 0. The minimum atomic E-state index is -0.693. The molecule has 2 fully saturated rings. The molecule has 3 nitrogen and oxygen atoms in total. The van der Waals surface area contributed by atoms with E-state index in [-0.39, 0.29) is 10.0 Å². The van der Waals surface area contributed by atoms with Gasteiger partial charge in [-0.05, 0) is 26.2 Å². The van der Waals surface area contributed by atoms with Gasteiger partial charge < -0.3 is 14.6 Å². The summed E-state index contributed by atoms with van der Waals surface area (Å²) >= 11 is 2.30. The molecule has 2 aliphatic heterocycles. The molecule has 0 bridgehead atoms. The molecule has 1 spiro atoms. The van der Waals surface area contributed by atoms with E-state index in [1.807, 2.05) is 0 Å². The lowest BCUT2D eigenvalue weighted by atomic mass is 9.92. The zero-order chi connectivity index (χ0) is 10.2. The first-order valence-corrected chi connectivity index (χ1v) is 6.52. The number of aliphatic hydroxyl groups excluding tert-OH is 1. The van der Waals surface area contributed by atoms with Gasteiger partial charge in [-0.2, -0.15) is 0 Å². The van der Waals surface area contributed by atoms with E-state index in [0.717, 1.165) is 25.7 Å². The minimum absolute atomic E-state index is 0.193. The Morgan fingerprint density at radius 2 is 2.21 bits per heavy atom. The second-order valence-corrected chi connectivity index (χ2v) is 5.84. The van der Waals surface area contributed by atoms with Crippen LogP contribution in [0.4, 0.5) is 0 Å². The number of halogens is 1. The van der Waals surface area contributed by atoms with Crippen molar-refractivity contribution in [2.75, 3.05) is 6.61 Å². The Morgan fingerprint density at radius 1 is 1.43 bits per heavy atom. The molecule has 0 aliphatic carbocycles. The van der Waals surface area contributed by atoms with Crippen molar-refractivity contribution in [2.45, 2.75) is 54.5 Å². The highest BCUT2D eigenvalue weighted by Crippen LogP contribution is 2.39. The van der Waals surface area contributed by atoms with Crippen LogP contribution in [0.5, 0.6) is 0 Å². The number of rotatable bonds is 0. The summed E-state index contributed by atoms with van der Waals surface area (Å²) in [6, 6.07) is 0. The molecule has 82 valence electrons. The van der Waals surface area contributed by atoms with Crippen molar-refractivity contribution in [3.05, 3.63) is 0 Å². The number of hydrogen-bond donors (Lipinski definition) is 1. The summed E-state index contributed by atoms with van der Waals surface area (Å²) in [4.78, 5) is 0. The molecule has 1 N–H and O–H groups in total. The highest BCUT2D eigenvalue weighted by Gasteiger charge is 2.49. The fourth-order valence-corrected chi connectivity index (χ4v) is 3.56. The van der Waals surface area contributed by atoms with Crippen LogP contribution in [-0.2, 0) is 9.47 Å². The summed E-state index contributed by atoms with van der Waals surface area (Å²) in [7, 11) is 0. The molecule has 0 aromatic rings. The van der Waals surface area contributed by atoms with Gasteiger partial charge >= 0.3 is 0 Å². The fraction of sp³-hybridized carbons (Fsp3) is 1.00. The van der Waals surface area contributed by atoms with Crippen molar-refractivity contribution >= 4 is 22.6 Å². The smallest absolute Gasteiger partial charge is 0.195 e. The van der Waals surface area contributed by atoms with Crippen molar-refractivity contribution in [2.24, 2.45) is 0 Å². The van der Waals surface area contributed by atoms with Crippen LogP contribution in [0, 0.1) is 0 Å². The molecule has 0 amide bonds. The molecule has 0 radical (unpaired) electrons. The van der Waals surface area contributed by atoms with Crippen molar-refractivity contribution in [3.8, 4) is 0 Å². The number of aliphatic hydroxyl groups is 1. The highest BCUT2D eigenvalue weighted by atomic mass is 127. The van der Waals surface area contributed by atoms with Gasteiger partial charge in [-0.3, -0.25) is 0 Å². The Hall–Kier alpha value is 0.610. The Balaban J connectivity index is 2.13. The van der Waals surface area contributed by atoms with Gasteiger partial charge in [0.1, 0.15) is 6.10 Å². The van der Waals surface area contributed by atoms with E-state index >= 15 is 0 Å². The molecule has 0 unspecified atom stereocenters. The molecule has 0 saturated carbocycles. The SMILES string of the molecule is C[C@@H]1C[C@H](I)[C@@H](O)[C@]2(CCCCO2)O1. The lowest BCUT2D eigenvalue weighted by Gasteiger charge is -2.47. The van der Waals surface area contributed by atoms with Gasteiger partial charge in [-0.15, -0.1) is 0 Å². The number of hydrogen-bond acceptors (Lipinski definition) is 3. The average Bonchev–Trinajstić information content (AvgIpc) is 2.15. The number of alkyl halides is 1. The molecule has 2 aliphatic rings. The maximum Gasteiger partial charge on any atom is 0.195 e. The Morgan fingerprint density at radius 3 is 2.86 bits per heavy atom. The molecule has 14 heavy (non-hydrogen) atoms. The standard InChI is InChI=1S/C10H17IO3/c1-7-6-8(11)9(12)10(14-7)4-2-3-5-13-10/h7-9,12H,2-6H2,1H3/t7-,8+,9-,10+/m1/s1. The van der Waals surface area contributed by atoms with E-state index < -0.39 is 11.9 Å². The minimum Gasteiger partial charge on any atom is -0.386 e. The molecular formula is C10H17IO3. The topological polar surface area (TPSA) is 38.7 Å². The van der Waals surface area contributed by atoms with E-state index in [9.17, 15) is 5.11 Å². The van der Waals surface area contributed by atoms with E-state index in [2.05, 4.69) is 29.5 Å². The first kappa shape index (κ1) is 11.1. The summed E-state index contributed by atoms with van der Waals surface area (Å²) in [5, 5.41) is 10.1. The Kier molecular flexibility index (Phi) is 3.36. The maximum atomic E-state index is 10.1. The molecule has 2 heterocycles. The highest BCUT2D eigenvalue weighted by molar-refractivity contribution is 14.1. The van der Waals surface area contributed by atoms with Gasteiger partial charge in [0.2, 0.25) is 0 Å². The third-order valence-electron chi connectivity index (χ3n) is 3.02. The van der Waals surface area contributed by atoms with Crippen LogP contribution in [0.2, 0.25) is 0 Å². The van der Waals surface area contributed by atoms with Crippen LogP contribution in [0.15, 0.2) is 0 Å². The summed E-state index contributed by atoms with van der Waals surface area (Å²) in [6.45, 7) is 2.77. The molecular weight excluding hydrogens is 295 g/mol. The van der Waals surface area contributed by atoms with Gasteiger partial charge in [0.15, 0.2) is 5.79 Å². The van der Waals surface area contributed by atoms with Gasteiger partial charge in [0, 0.05) is 10.3 Å². The largest absolute Gasteiger partial charge is 0.386 e. The first-order valence-electron chi connectivity index (χ1n) is 5.28. The summed E-state index contributed by atoms with van der Waals surface area (Å²) in [6.07, 6.45) is 3.63. The lowest BCUT2D eigenvalue weighted by Crippen LogP contribution is -2.58. The van der Waals surface area contributed by atoms with Crippen molar-refractivity contribution in [3.63, 3.8) is 0 Å². The Bertz CT molecular complexity index is 204. The summed E-state index contributed by atoms with van der Waals surface area (Å²) in [5.74, 6) is -0.693. The normalized spacial score (nSPS) is 49.5. The van der Waals surface area contributed by atoms with Gasteiger partial charge in [0.05, 0.1) is 12.7 Å². The lowest BCUT2D eigenvalue weighted by molar-refractivity contribution is -0.328. The van der Waals surface area contributed by atoms with E-state index in [1.165, 1.54) is 0 Å². The second kappa shape index (κ2) is 4.23. The second-order valence-electron chi connectivity index (χ2n) is 4.24. The fourth-order valence-electron chi connectivity index (χ4n) is 2.30. The molecule has 4 atom stereocenters. The van der Waals surface area contributed by atoms with E-state index in [4.69, 9.17) is 9.47 Å². The molecule has 4 heteroatoms. The third kappa shape index (κ3) is 1.94. The van der Waals surface area contributed by atoms with Crippen LogP contribution in [0.25, 0.3) is 0 Å². The van der Waals surface area contributed by atoms with Crippen LogP contribution < -0.4 is 0 Å². The monoisotopic (exact) mass is 312 g/mol. The maximum absolute atomic E-state index is 10.1. The molecule has 2 rings (SSSR count). The van der Waals surface area contributed by atoms with Crippen LogP contribution in [0.1, 0.15) is 32.6 Å². The van der Waals surface area contributed by atoms with Crippen molar-refractivity contribution in [1.29, 1.82) is 0 Å². The Labute approximate surface area is 98.3 Å². The van der Waals surface area contributed by atoms with Gasteiger partial charge in [-0.1, -0.05) is 22.6 Å². The predicted octanol–water partition coefficient (Wildman–Crippen LogP) is 1.86. The van der Waals surface area contributed by atoms with Crippen LogP contribution in [0.3, 0.4) is 0 Å². The third-order valence-corrected chi connectivity index (χ3v) is 4.21. The molecule has 2 saturated heterocycles. The average molecular weight is 312 g/mol. The van der Waals surface area contributed by atoms with Crippen molar-refractivity contribution in [1.82, 2.24) is 0 Å².